The van der Waals surface area contributed by atoms with Gasteiger partial charge in [-0.05, 0) is 18.6 Å². The Bertz CT molecular complexity index is 369. The first-order valence-electron chi connectivity index (χ1n) is 5.52. The number of nitrogens with one attached hydrogen (secondary N) is 1. The average Bonchev–Trinajstić information content (AvgIpc) is 2.38. The summed E-state index contributed by atoms with van der Waals surface area (Å²) in [6.07, 6.45) is 1.17. The molecule has 94 valence electrons. The molecule has 1 aromatic rings. The van der Waals surface area contributed by atoms with Crippen molar-refractivity contribution in [3.8, 4) is 5.75 Å². The fourth-order valence-electron chi connectivity index (χ4n) is 1.61. The van der Waals surface area contributed by atoms with Gasteiger partial charge in [-0.25, -0.2) is 5.84 Å². The number of nitrogens with zero attached hydrogens (tertiary/aromatic N) is 1. The number of hydrogen-bond acceptors (Lipinski definition) is 4. The number of ether oxygens (including phenoxy) is 1. The lowest BCUT2D eigenvalue weighted by Gasteiger charge is -2.21. The van der Waals surface area contributed by atoms with Crippen molar-refractivity contribution in [3.05, 3.63) is 24.3 Å². The predicted octanol–water partition coefficient (Wildman–Crippen LogP) is 0.901. The molecule has 0 heterocycles. The van der Waals surface area contributed by atoms with Gasteiger partial charge in [-0.15, -0.1) is 0 Å². The highest BCUT2D eigenvalue weighted by Gasteiger charge is 2.07. The number of benzene rings is 1. The third-order valence-electron chi connectivity index (χ3n) is 2.55. The molecule has 5 heteroatoms. The zero-order valence-corrected chi connectivity index (χ0v) is 10.3. The molecule has 0 aliphatic rings. The second-order valence-electron chi connectivity index (χ2n) is 3.76. The van der Waals surface area contributed by atoms with Gasteiger partial charge in [0.25, 0.3) is 0 Å². The fraction of sp³-hybridized carbons (Fsp3) is 0.417. The minimum Gasteiger partial charge on any atom is -0.495 e. The molecule has 0 aromatic heterocycles. The quantitative estimate of drug-likeness (QED) is 0.438. The first-order chi connectivity index (χ1) is 8.19. The number of amides is 1. The van der Waals surface area contributed by atoms with Crippen LogP contribution in [-0.4, -0.2) is 26.6 Å². The molecule has 0 saturated heterocycles. The topological polar surface area (TPSA) is 67.6 Å². The van der Waals surface area contributed by atoms with Crippen molar-refractivity contribution in [2.75, 3.05) is 25.6 Å². The van der Waals surface area contributed by atoms with Crippen molar-refractivity contribution in [2.45, 2.75) is 12.8 Å². The minimum absolute atomic E-state index is 0.140. The van der Waals surface area contributed by atoms with Crippen molar-refractivity contribution in [2.24, 2.45) is 5.84 Å². The third kappa shape index (κ3) is 3.96. The van der Waals surface area contributed by atoms with E-state index >= 15 is 0 Å². The maximum Gasteiger partial charge on any atom is 0.233 e. The highest BCUT2D eigenvalue weighted by Crippen LogP contribution is 2.26. The summed E-state index contributed by atoms with van der Waals surface area (Å²) in [5, 5.41) is 0. The van der Waals surface area contributed by atoms with Crippen molar-refractivity contribution in [1.29, 1.82) is 0 Å². The van der Waals surface area contributed by atoms with Gasteiger partial charge in [-0.3, -0.25) is 10.2 Å². The van der Waals surface area contributed by atoms with E-state index in [1.54, 1.807) is 7.11 Å². The SMILES string of the molecule is COc1ccccc1N(C)CCCC(=O)NN. The van der Waals surface area contributed by atoms with Gasteiger partial charge in [-0.2, -0.15) is 0 Å². The molecular weight excluding hydrogens is 218 g/mol. The Labute approximate surface area is 102 Å². The molecule has 0 unspecified atom stereocenters. The van der Waals surface area contributed by atoms with Gasteiger partial charge in [0, 0.05) is 20.0 Å². The predicted molar refractivity (Wildman–Crippen MR) is 67.8 cm³/mol. The number of nitrogens with two attached hydrogens (primary N) is 1. The molecular formula is C12H19N3O2. The number of para-hydroxylation sites is 2. The van der Waals surface area contributed by atoms with E-state index in [2.05, 4.69) is 10.3 Å². The van der Waals surface area contributed by atoms with Crippen LogP contribution in [0.1, 0.15) is 12.8 Å². The van der Waals surface area contributed by atoms with Gasteiger partial charge in [0.05, 0.1) is 12.8 Å². The minimum atomic E-state index is -0.140. The van der Waals surface area contributed by atoms with E-state index in [-0.39, 0.29) is 5.91 Å². The van der Waals surface area contributed by atoms with Crippen molar-refractivity contribution in [3.63, 3.8) is 0 Å². The number of methoxy groups -OCH3 is 1. The Morgan fingerprint density at radius 2 is 2.18 bits per heavy atom. The maximum atomic E-state index is 11.0. The Balaban J connectivity index is 2.51. The zero-order valence-electron chi connectivity index (χ0n) is 10.3. The van der Waals surface area contributed by atoms with E-state index in [4.69, 9.17) is 10.6 Å². The summed E-state index contributed by atoms with van der Waals surface area (Å²) in [6.45, 7) is 0.772. The van der Waals surface area contributed by atoms with Crippen LogP contribution in [0.4, 0.5) is 5.69 Å². The van der Waals surface area contributed by atoms with Crippen molar-refractivity contribution < 1.29 is 9.53 Å². The smallest absolute Gasteiger partial charge is 0.233 e. The highest BCUT2D eigenvalue weighted by molar-refractivity contribution is 5.75. The van der Waals surface area contributed by atoms with Gasteiger partial charge in [0.15, 0.2) is 0 Å². The number of hydrogen-bond donors (Lipinski definition) is 2. The lowest BCUT2D eigenvalue weighted by molar-refractivity contribution is -0.121. The van der Waals surface area contributed by atoms with Gasteiger partial charge in [0.2, 0.25) is 5.91 Å². The average molecular weight is 237 g/mol. The van der Waals surface area contributed by atoms with E-state index in [0.29, 0.717) is 6.42 Å². The van der Waals surface area contributed by atoms with Crippen LogP contribution in [-0.2, 0) is 4.79 Å². The van der Waals surface area contributed by atoms with Gasteiger partial charge < -0.3 is 9.64 Å². The van der Waals surface area contributed by atoms with Crippen molar-refractivity contribution in [1.82, 2.24) is 5.43 Å². The molecule has 0 saturated carbocycles. The van der Waals surface area contributed by atoms with Crippen LogP contribution in [0.5, 0.6) is 5.75 Å². The van der Waals surface area contributed by atoms with E-state index in [0.717, 1.165) is 24.4 Å². The van der Waals surface area contributed by atoms with Crippen LogP contribution < -0.4 is 20.9 Å². The molecule has 17 heavy (non-hydrogen) atoms. The number of carbonyl (C=O) groups is 1. The normalized spacial score (nSPS) is 9.82. The molecule has 0 aliphatic heterocycles. The number of carbonyl (C=O) groups excluding carboxylic acids is 1. The van der Waals surface area contributed by atoms with E-state index in [1.165, 1.54) is 0 Å². The summed E-state index contributed by atoms with van der Waals surface area (Å²) in [5.74, 6) is 5.70. The fourth-order valence-corrected chi connectivity index (χ4v) is 1.61. The zero-order chi connectivity index (χ0) is 12.7. The Morgan fingerprint density at radius 3 is 2.82 bits per heavy atom. The summed E-state index contributed by atoms with van der Waals surface area (Å²) in [5.41, 5.74) is 3.14. The second kappa shape index (κ2) is 6.75. The molecule has 0 spiro atoms. The summed E-state index contributed by atoms with van der Waals surface area (Å²) in [4.78, 5) is 13.0. The van der Waals surface area contributed by atoms with E-state index in [9.17, 15) is 4.79 Å². The third-order valence-corrected chi connectivity index (χ3v) is 2.55. The lowest BCUT2D eigenvalue weighted by Crippen LogP contribution is -2.30. The first kappa shape index (κ1) is 13.3. The molecule has 1 amide bonds. The lowest BCUT2D eigenvalue weighted by atomic mass is 10.2. The molecule has 0 radical (unpaired) electrons. The monoisotopic (exact) mass is 237 g/mol. The van der Waals surface area contributed by atoms with Crippen LogP contribution in [0, 0.1) is 0 Å². The molecule has 0 aliphatic carbocycles. The molecule has 0 fully saturated rings. The van der Waals surface area contributed by atoms with Crippen LogP contribution in [0.3, 0.4) is 0 Å². The summed E-state index contributed by atoms with van der Waals surface area (Å²) < 4.78 is 5.27. The molecule has 0 atom stereocenters. The molecule has 1 aromatic carbocycles. The molecule has 5 nitrogen and oxygen atoms in total. The van der Waals surface area contributed by atoms with Crippen LogP contribution in [0.15, 0.2) is 24.3 Å². The van der Waals surface area contributed by atoms with Gasteiger partial charge in [-0.1, -0.05) is 12.1 Å². The van der Waals surface area contributed by atoms with Gasteiger partial charge >= 0.3 is 0 Å². The Hall–Kier alpha value is -1.75. The van der Waals surface area contributed by atoms with Gasteiger partial charge in [0.1, 0.15) is 5.75 Å². The highest BCUT2D eigenvalue weighted by atomic mass is 16.5. The van der Waals surface area contributed by atoms with E-state index < -0.39 is 0 Å². The standard InChI is InChI=1S/C12H19N3O2/c1-15(9-5-8-12(16)14-13)10-6-3-4-7-11(10)17-2/h3-4,6-7H,5,8-9,13H2,1-2H3,(H,14,16). The summed E-state index contributed by atoms with van der Waals surface area (Å²) in [7, 11) is 3.62. The van der Waals surface area contributed by atoms with Crippen LogP contribution in [0.25, 0.3) is 0 Å². The number of hydrazine groups is 1. The van der Waals surface area contributed by atoms with Crippen molar-refractivity contribution >= 4 is 11.6 Å². The van der Waals surface area contributed by atoms with Crippen LogP contribution >= 0.6 is 0 Å². The maximum absolute atomic E-state index is 11.0. The molecule has 0 bridgehead atoms. The second-order valence-corrected chi connectivity index (χ2v) is 3.76. The Morgan fingerprint density at radius 1 is 1.47 bits per heavy atom. The van der Waals surface area contributed by atoms with E-state index in [1.807, 2.05) is 31.3 Å². The Kier molecular flexibility index (Phi) is 5.29. The number of rotatable bonds is 6. The number of anilines is 1. The summed E-state index contributed by atoms with van der Waals surface area (Å²) >= 11 is 0. The largest absolute Gasteiger partial charge is 0.495 e. The first-order valence-corrected chi connectivity index (χ1v) is 5.52. The molecule has 3 N–H and O–H groups in total. The van der Waals surface area contributed by atoms with Crippen LogP contribution in [0.2, 0.25) is 0 Å². The summed E-state index contributed by atoms with van der Waals surface area (Å²) in [6, 6.07) is 7.79. The molecule has 1 rings (SSSR count).